The van der Waals surface area contributed by atoms with Crippen molar-refractivity contribution in [3.8, 4) is 0 Å². The van der Waals surface area contributed by atoms with E-state index >= 15 is 0 Å². The van der Waals surface area contributed by atoms with Gasteiger partial charge in [0.05, 0.1) is 6.04 Å². The third kappa shape index (κ3) is 9.40. The Kier molecular flexibility index (Phi) is 13.1. The van der Waals surface area contributed by atoms with Crippen LogP contribution >= 0.6 is 23.4 Å². The molecule has 49 heavy (non-hydrogen) atoms. The molecule has 1 aliphatic rings. The number of rotatable bonds is 9. The van der Waals surface area contributed by atoms with Crippen LogP contribution in [0.5, 0.6) is 0 Å². The number of carbonyl (C=O) groups excluding carboxylic acids is 3. The van der Waals surface area contributed by atoms with Crippen LogP contribution in [0.1, 0.15) is 48.8 Å². The van der Waals surface area contributed by atoms with Crippen LogP contribution in [0.15, 0.2) is 76.9 Å². The maximum atomic E-state index is 14.3. The van der Waals surface area contributed by atoms with Crippen LogP contribution in [-0.2, 0) is 33.9 Å². The largest absolute Gasteiger partial charge is 0.361 e. The number of nitrogens with two attached hydrogens (primary N) is 2. The Balaban J connectivity index is 1.55. The fraction of sp³-hybridized carbons (Fsp3) is 0.389. The summed E-state index contributed by atoms with van der Waals surface area (Å²) in [6.07, 6.45) is 6.68. The van der Waals surface area contributed by atoms with Crippen molar-refractivity contribution < 1.29 is 14.4 Å². The van der Waals surface area contributed by atoms with E-state index in [4.69, 9.17) is 23.1 Å². The number of nitrogens with one attached hydrogen (secondary N) is 4. The van der Waals surface area contributed by atoms with Gasteiger partial charge in [0, 0.05) is 59.8 Å². The minimum absolute atomic E-state index is 0.187. The van der Waals surface area contributed by atoms with Gasteiger partial charge in [0.25, 0.3) is 0 Å². The van der Waals surface area contributed by atoms with Crippen LogP contribution in [0.3, 0.4) is 0 Å². The smallest absolute Gasteiger partial charge is 0.245 e. The molecule has 5 rings (SSSR count). The summed E-state index contributed by atoms with van der Waals surface area (Å²) in [7, 11) is 1.63. The minimum Gasteiger partial charge on any atom is -0.361 e. The molecule has 3 amide bonds. The first-order valence-corrected chi connectivity index (χ1v) is 17.9. The Morgan fingerprint density at radius 3 is 2.53 bits per heavy atom. The molecule has 0 saturated heterocycles. The number of carbonyl (C=O) groups is 3. The molecular weight excluding hydrogens is 660 g/mol. The summed E-state index contributed by atoms with van der Waals surface area (Å²) in [6, 6.07) is 14.9. The molecule has 11 nitrogen and oxygen atoms in total. The number of nitrogens with zero attached hydrogens (tertiary/aromatic N) is 2. The molecule has 2 aromatic heterocycles. The van der Waals surface area contributed by atoms with Crippen LogP contribution in [0.2, 0.25) is 5.02 Å². The Morgan fingerprint density at radius 1 is 0.918 bits per heavy atom. The van der Waals surface area contributed by atoms with Crippen LogP contribution in [0.4, 0.5) is 0 Å². The molecule has 1 aliphatic heterocycles. The van der Waals surface area contributed by atoms with E-state index in [0.717, 1.165) is 37.5 Å². The Labute approximate surface area is 296 Å². The van der Waals surface area contributed by atoms with Crippen molar-refractivity contribution in [2.24, 2.45) is 11.5 Å². The molecule has 3 atom stereocenters. The fourth-order valence-electron chi connectivity index (χ4n) is 6.06. The highest BCUT2D eigenvalue weighted by molar-refractivity contribution is 7.99. The number of unbranched alkanes of at least 4 members (excludes halogenated alkanes) is 1. The second-order valence-electron chi connectivity index (χ2n) is 12.3. The van der Waals surface area contributed by atoms with E-state index in [9.17, 15) is 14.4 Å². The molecule has 0 radical (unpaired) electrons. The number of hydrogen-bond acceptors (Lipinski definition) is 8. The van der Waals surface area contributed by atoms with Crippen molar-refractivity contribution in [3.05, 3.63) is 88.7 Å². The average Bonchev–Trinajstić information content (AvgIpc) is 3.52. The molecule has 4 aromatic rings. The third-order valence-electron chi connectivity index (χ3n) is 8.85. The topological polar surface area (TPSA) is 171 Å². The van der Waals surface area contributed by atoms with E-state index in [1.807, 2.05) is 60.8 Å². The molecule has 260 valence electrons. The SMILES string of the molecule is CN1C(=O)C(CCCCN)NC(=O)C(CCCN)NCc2cccnc2Sc2ccc(Cl)cc2CNC(=O)C1Cc1c[nH]c2ccccc12. The minimum atomic E-state index is -0.875. The lowest BCUT2D eigenvalue weighted by Gasteiger charge is -2.32. The second-order valence-corrected chi connectivity index (χ2v) is 13.7. The molecule has 0 fully saturated rings. The monoisotopic (exact) mass is 704 g/mol. The first-order chi connectivity index (χ1) is 23.8. The summed E-state index contributed by atoms with van der Waals surface area (Å²) >= 11 is 7.91. The summed E-state index contributed by atoms with van der Waals surface area (Å²) in [5.41, 5.74) is 15.2. The highest BCUT2D eigenvalue weighted by atomic mass is 35.5. The quantitative estimate of drug-likeness (QED) is 0.143. The van der Waals surface area contributed by atoms with Gasteiger partial charge in [0.15, 0.2) is 0 Å². The molecule has 8 N–H and O–H groups in total. The zero-order valence-corrected chi connectivity index (χ0v) is 29.3. The summed E-state index contributed by atoms with van der Waals surface area (Å²) in [6.45, 7) is 1.45. The standard InChI is InChI=1S/C36H45ClN8O3S/c1-45-31(19-24-21-41-28-10-3-2-9-27(24)28)34(47)43-22-25-18-26(37)13-14-32(25)49-35-23(8-7-17-40-35)20-42-29(12-6-16-39)33(46)44-30(36(45)48)11-4-5-15-38/h2-3,7-10,13-14,17-18,21,29-31,41-42H,4-6,11-12,15-16,19-20,22,38-39H2,1H3,(H,43,47)(H,44,46). The van der Waals surface area contributed by atoms with Crippen LogP contribution in [0.25, 0.3) is 10.9 Å². The van der Waals surface area contributed by atoms with E-state index in [1.165, 1.54) is 16.7 Å². The highest BCUT2D eigenvalue weighted by Gasteiger charge is 2.34. The Morgan fingerprint density at radius 2 is 1.71 bits per heavy atom. The predicted octanol–water partition coefficient (Wildman–Crippen LogP) is 3.88. The molecule has 2 aromatic carbocycles. The van der Waals surface area contributed by atoms with E-state index < -0.39 is 18.1 Å². The highest BCUT2D eigenvalue weighted by Crippen LogP contribution is 2.33. The zero-order chi connectivity index (χ0) is 34.8. The number of pyridine rings is 1. The average molecular weight is 705 g/mol. The van der Waals surface area contributed by atoms with Gasteiger partial charge in [-0.3, -0.25) is 14.4 Å². The number of aromatic nitrogens is 2. The van der Waals surface area contributed by atoms with Crippen LogP contribution < -0.4 is 27.4 Å². The number of aromatic amines is 1. The van der Waals surface area contributed by atoms with Gasteiger partial charge < -0.3 is 37.3 Å². The number of H-pyrrole nitrogens is 1. The zero-order valence-electron chi connectivity index (χ0n) is 27.7. The number of benzene rings is 2. The van der Waals surface area contributed by atoms with E-state index in [-0.39, 0.29) is 30.7 Å². The van der Waals surface area contributed by atoms with Crippen molar-refractivity contribution >= 4 is 52.0 Å². The number of halogens is 1. The van der Waals surface area contributed by atoms with Crippen molar-refractivity contribution in [2.45, 2.75) is 79.7 Å². The summed E-state index contributed by atoms with van der Waals surface area (Å²) < 4.78 is 0. The van der Waals surface area contributed by atoms with Gasteiger partial charge in [-0.2, -0.15) is 0 Å². The third-order valence-corrected chi connectivity index (χ3v) is 10.3. The van der Waals surface area contributed by atoms with Gasteiger partial charge in [-0.1, -0.05) is 47.6 Å². The molecule has 0 aliphatic carbocycles. The molecular formula is C36H45ClN8O3S. The Hall–Kier alpha value is -3.94. The van der Waals surface area contributed by atoms with Gasteiger partial charge in [0.2, 0.25) is 17.7 Å². The maximum absolute atomic E-state index is 14.3. The van der Waals surface area contributed by atoms with Gasteiger partial charge in [0.1, 0.15) is 17.1 Å². The molecule has 13 heteroatoms. The molecule has 3 heterocycles. The fourth-order valence-corrected chi connectivity index (χ4v) is 7.24. The lowest BCUT2D eigenvalue weighted by Crippen LogP contribution is -2.57. The summed E-state index contributed by atoms with van der Waals surface area (Å²) in [5.74, 6) is -0.969. The molecule has 3 unspecified atom stereocenters. The van der Waals surface area contributed by atoms with E-state index in [1.54, 1.807) is 13.2 Å². The Bertz CT molecular complexity index is 1750. The number of para-hydroxylation sites is 1. The molecule has 0 saturated carbocycles. The van der Waals surface area contributed by atoms with Crippen molar-refractivity contribution in [2.75, 3.05) is 20.1 Å². The van der Waals surface area contributed by atoms with Gasteiger partial charge in [-0.05, 0) is 92.2 Å². The van der Waals surface area contributed by atoms with Crippen LogP contribution in [-0.4, -0.2) is 70.9 Å². The van der Waals surface area contributed by atoms with Gasteiger partial charge in [-0.15, -0.1) is 0 Å². The molecule has 0 spiro atoms. The van der Waals surface area contributed by atoms with Crippen molar-refractivity contribution in [1.29, 1.82) is 0 Å². The normalized spacial score (nSPS) is 19.6. The summed E-state index contributed by atoms with van der Waals surface area (Å²) in [4.78, 5) is 52.7. The first-order valence-electron chi connectivity index (χ1n) is 16.7. The van der Waals surface area contributed by atoms with Crippen molar-refractivity contribution in [1.82, 2.24) is 30.8 Å². The number of amides is 3. The predicted molar refractivity (Wildman–Crippen MR) is 194 cm³/mol. The van der Waals surface area contributed by atoms with Crippen molar-refractivity contribution in [3.63, 3.8) is 0 Å². The lowest BCUT2D eigenvalue weighted by atomic mass is 10.0. The van der Waals surface area contributed by atoms with E-state index in [0.29, 0.717) is 56.8 Å². The van der Waals surface area contributed by atoms with E-state index in [2.05, 4.69) is 25.9 Å². The molecule has 0 bridgehead atoms. The number of likely N-dealkylation sites (N-methyl/N-ethyl adjacent to an activating group) is 1. The lowest BCUT2D eigenvalue weighted by molar-refractivity contribution is -0.142. The second kappa shape index (κ2) is 17.6. The van der Waals surface area contributed by atoms with Gasteiger partial charge >= 0.3 is 0 Å². The first kappa shape index (κ1) is 36.3. The maximum Gasteiger partial charge on any atom is 0.245 e. The number of fused-ring (bicyclic) bond motifs is 3. The van der Waals surface area contributed by atoms with Gasteiger partial charge in [-0.25, -0.2) is 4.98 Å². The summed E-state index contributed by atoms with van der Waals surface area (Å²) in [5, 5.41) is 11.8. The van der Waals surface area contributed by atoms with Crippen LogP contribution in [0, 0.1) is 0 Å². The number of hydrogen-bond donors (Lipinski definition) is 6.